The van der Waals surface area contributed by atoms with E-state index in [-0.39, 0.29) is 5.91 Å². The Morgan fingerprint density at radius 1 is 1.15 bits per heavy atom. The Morgan fingerprint density at radius 2 is 1.85 bits per heavy atom. The van der Waals surface area contributed by atoms with Crippen molar-refractivity contribution in [1.29, 1.82) is 0 Å². The van der Waals surface area contributed by atoms with E-state index in [1.165, 1.54) is 11.1 Å². The molecule has 1 aromatic heterocycles. The molecule has 1 N–H and O–H groups in total. The Bertz CT molecular complexity index is 751. The van der Waals surface area contributed by atoms with Gasteiger partial charge in [0.15, 0.2) is 0 Å². The maximum atomic E-state index is 12.0. The standard InChI is InChI=1S/C19H23BrN4OS/c1-15-2-4-16(5-3-15)13-23-8-10-24(11-9-23)14-19(25)22-21-12-17-6-7-18(20)26-17/h2-7,12H,8-11,13-14H2,1H3,(H,22,25)/b21-12+. The van der Waals surface area contributed by atoms with E-state index in [2.05, 4.69) is 67.4 Å². The van der Waals surface area contributed by atoms with E-state index in [1.807, 2.05) is 12.1 Å². The number of piperazine rings is 1. The molecule has 0 atom stereocenters. The van der Waals surface area contributed by atoms with Crippen molar-refractivity contribution in [2.45, 2.75) is 13.5 Å². The summed E-state index contributed by atoms with van der Waals surface area (Å²) in [5.74, 6) is -0.0659. The second kappa shape index (κ2) is 9.41. The molecular formula is C19H23BrN4OS. The van der Waals surface area contributed by atoms with Crippen molar-refractivity contribution in [3.63, 3.8) is 0 Å². The highest BCUT2D eigenvalue weighted by molar-refractivity contribution is 9.11. The SMILES string of the molecule is Cc1ccc(CN2CCN(CC(=O)N/N=C/c3ccc(Br)s3)CC2)cc1. The molecule has 1 aliphatic rings. The van der Waals surface area contributed by atoms with E-state index >= 15 is 0 Å². The minimum Gasteiger partial charge on any atom is -0.297 e. The molecule has 1 amide bonds. The first kappa shape index (κ1) is 19.2. The lowest BCUT2D eigenvalue weighted by atomic mass is 10.1. The number of amides is 1. The summed E-state index contributed by atoms with van der Waals surface area (Å²) >= 11 is 4.98. The van der Waals surface area contributed by atoms with Crippen molar-refractivity contribution in [3.05, 3.63) is 56.2 Å². The lowest BCUT2D eigenvalue weighted by Gasteiger charge is -2.34. The molecule has 5 nitrogen and oxygen atoms in total. The van der Waals surface area contributed by atoms with Gasteiger partial charge in [-0.15, -0.1) is 11.3 Å². The third-order valence-electron chi connectivity index (χ3n) is 4.33. The number of nitrogens with one attached hydrogen (secondary N) is 1. The molecule has 0 spiro atoms. The highest BCUT2D eigenvalue weighted by Gasteiger charge is 2.18. The van der Waals surface area contributed by atoms with Crippen LogP contribution in [0.4, 0.5) is 0 Å². The molecule has 0 aliphatic carbocycles. The summed E-state index contributed by atoms with van der Waals surface area (Å²) in [7, 11) is 0. The van der Waals surface area contributed by atoms with Gasteiger partial charge in [-0.1, -0.05) is 29.8 Å². The number of hydrazone groups is 1. The van der Waals surface area contributed by atoms with Gasteiger partial charge < -0.3 is 0 Å². The van der Waals surface area contributed by atoms with E-state index in [0.29, 0.717) is 6.54 Å². The molecule has 0 saturated carbocycles. The zero-order valence-electron chi connectivity index (χ0n) is 14.8. The minimum atomic E-state index is -0.0659. The second-order valence-corrected chi connectivity index (χ2v) is 8.97. The van der Waals surface area contributed by atoms with Crippen molar-refractivity contribution < 1.29 is 4.79 Å². The van der Waals surface area contributed by atoms with Gasteiger partial charge >= 0.3 is 0 Å². The summed E-state index contributed by atoms with van der Waals surface area (Å²) < 4.78 is 1.05. The first-order valence-corrected chi connectivity index (χ1v) is 10.3. The molecular weight excluding hydrogens is 412 g/mol. The molecule has 2 heterocycles. The molecule has 7 heteroatoms. The number of nitrogens with zero attached hydrogens (tertiary/aromatic N) is 3. The fourth-order valence-corrected chi connectivity index (χ4v) is 4.16. The molecule has 0 unspecified atom stereocenters. The summed E-state index contributed by atoms with van der Waals surface area (Å²) in [5, 5.41) is 4.03. The van der Waals surface area contributed by atoms with E-state index in [4.69, 9.17) is 0 Å². The molecule has 1 aromatic carbocycles. The number of carbonyl (C=O) groups excluding carboxylic acids is 1. The van der Waals surface area contributed by atoms with Crippen LogP contribution in [0.3, 0.4) is 0 Å². The monoisotopic (exact) mass is 434 g/mol. The van der Waals surface area contributed by atoms with Gasteiger partial charge in [-0.05, 0) is 40.5 Å². The quantitative estimate of drug-likeness (QED) is 0.561. The van der Waals surface area contributed by atoms with Gasteiger partial charge in [0.25, 0.3) is 5.91 Å². The maximum Gasteiger partial charge on any atom is 0.254 e. The van der Waals surface area contributed by atoms with Crippen LogP contribution < -0.4 is 5.43 Å². The predicted octanol–water partition coefficient (Wildman–Crippen LogP) is 3.09. The third-order valence-corrected chi connectivity index (χ3v) is 5.89. The fourth-order valence-electron chi connectivity index (χ4n) is 2.86. The van der Waals surface area contributed by atoms with Crippen LogP contribution in [0.25, 0.3) is 0 Å². The number of thiophene rings is 1. The number of rotatable bonds is 6. The van der Waals surface area contributed by atoms with Gasteiger partial charge in [0.2, 0.25) is 0 Å². The molecule has 3 rings (SSSR count). The molecule has 0 radical (unpaired) electrons. The van der Waals surface area contributed by atoms with Gasteiger partial charge in [-0.2, -0.15) is 5.10 Å². The van der Waals surface area contributed by atoms with E-state index < -0.39 is 0 Å². The number of hydrogen-bond donors (Lipinski definition) is 1. The van der Waals surface area contributed by atoms with Crippen LogP contribution >= 0.6 is 27.3 Å². The summed E-state index contributed by atoms with van der Waals surface area (Å²) in [6, 6.07) is 12.6. The zero-order valence-corrected chi connectivity index (χ0v) is 17.2. The number of carbonyl (C=O) groups is 1. The summed E-state index contributed by atoms with van der Waals surface area (Å²) in [4.78, 5) is 17.6. The largest absolute Gasteiger partial charge is 0.297 e. The average molecular weight is 435 g/mol. The first-order valence-electron chi connectivity index (χ1n) is 8.66. The molecule has 1 aliphatic heterocycles. The van der Waals surface area contributed by atoms with Crippen LogP contribution in [-0.4, -0.2) is 54.6 Å². The predicted molar refractivity (Wildman–Crippen MR) is 111 cm³/mol. The molecule has 0 bridgehead atoms. The Balaban J connectivity index is 1.37. The van der Waals surface area contributed by atoms with Gasteiger partial charge in [0.1, 0.15) is 0 Å². The van der Waals surface area contributed by atoms with Crippen molar-refractivity contribution >= 4 is 39.4 Å². The first-order chi connectivity index (χ1) is 12.6. The van der Waals surface area contributed by atoms with Gasteiger partial charge in [0, 0.05) is 37.6 Å². The molecule has 1 fully saturated rings. The number of hydrogen-bond acceptors (Lipinski definition) is 5. The van der Waals surface area contributed by atoms with Crippen molar-refractivity contribution in [2.75, 3.05) is 32.7 Å². The van der Waals surface area contributed by atoms with Gasteiger partial charge in [-0.25, -0.2) is 5.43 Å². The second-order valence-electron chi connectivity index (χ2n) is 6.47. The van der Waals surface area contributed by atoms with Crippen LogP contribution in [0.1, 0.15) is 16.0 Å². The van der Waals surface area contributed by atoms with Crippen molar-refractivity contribution in [2.24, 2.45) is 5.10 Å². The average Bonchev–Trinajstić information content (AvgIpc) is 3.04. The minimum absolute atomic E-state index is 0.0659. The molecule has 138 valence electrons. The molecule has 26 heavy (non-hydrogen) atoms. The fraction of sp³-hybridized carbons (Fsp3) is 0.368. The summed E-state index contributed by atoms with van der Waals surface area (Å²) in [5.41, 5.74) is 5.25. The van der Waals surface area contributed by atoms with Crippen molar-refractivity contribution in [3.8, 4) is 0 Å². The number of halogens is 1. The molecule has 1 saturated heterocycles. The van der Waals surface area contributed by atoms with Crippen LogP contribution in [-0.2, 0) is 11.3 Å². The third kappa shape index (κ3) is 6.02. The highest BCUT2D eigenvalue weighted by Crippen LogP contribution is 2.20. The Labute approximate surface area is 166 Å². The van der Waals surface area contributed by atoms with E-state index in [9.17, 15) is 4.79 Å². The zero-order chi connectivity index (χ0) is 18.4. The van der Waals surface area contributed by atoms with E-state index in [1.54, 1.807) is 17.6 Å². The van der Waals surface area contributed by atoms with Crippen LogP contribution in [0.2, 0.25) is 0 Å². The van der Waals surface area contributed by atoms with Gasteiger partial charge in [-0.3, -0.25) is 14.6 Å². The van der Waals surface area contributed by atoms with Crippen LogP contribution in [0.5, 0.6) is 0 Å². The lowest BCUT2D eigenvalue weighted by molar-refractivity contribution is -0.122. The number of benzene rings is 1. The van der Waals surface area contributed by atoms with Gasteiger partial charge in [0.05, 0.1) is 16.5 Å². The topological polar surface area (TPSA) is 47.9 Å². The normalized spacial score (nSPS) is 16.2. The Morgan fingerprint density at radius 3 is 2.50 bits per heavy atom. The smallest absolute Gasteiger partial charge is 0.254 e. The van der Waals surface area contributed by atoms with Crippen LogP contribution in [0, 0.1) is 6.92 Å². The summed E-state index contributed by atoms with van der Waals surface area (Å²) in [6.07, 6.45) is 1.67. The number of aryl methyl sites for hydroxylation is 1. The lowest BCUT2D eigenvalue weighted by Crippen LogP contribution is -2.48. The van der Waals surface area contributed by atoms with Crippen molar-refractivity contribution in [1.82, 2.24) is 15.2 Å². The van der Waals surface area contributed by atoms with E-state index in [0.717, 1.165) is 41.4 Å². The Hall–Kier alpha value is -1.54. The Kier molecular flexibility index (Phi) is 6.96. The molecule has 2 aromatic rings. The maximum absolute atomic E-state index is 12.0. The highest BCUT2D eigenvalue weighted by atomic mass is 79.9. The van der Waals surface area contributed by atoms with Crippen LogP contribution in [0.15, 0.2) is 45.3 Å². The summed E-state index contributed by atoms with van der Waals surface area (Å²) in [6.45, 7) is 7.24.